The Morgan fingerprint density at radius 2 is 1.67 bits per heavy atom. The third-order valence-electron chi connectivity index (χ3n) is 0.152. The van der Waals surface area contributed by atoms with Crippen LogP contribution >= 0.6 is 0 Å². The van der Waals surface area contributed by atoms with Crippen molar-refractivity contribution in [2.24, 2.45) is 0 Å². The molecule has 0 aromatic carbocycles. The molecule has 6 heavy (non-hydrogen) atoms. The van der Waals surface area contributed by atoms with Gasteiger partial charge in [0.05, 0.1) is 0 Å². The molecule has 0 aromatic heterocycles. The van der Waals surface area contributed by atoms with Crippen LogP contribution in [0.1, 0.15) is 0 Å². The second-order valence-corrected chi connectivity index (χ2v) is 1.23. The summed E-state index contributed by atoms with van der Waals surface area (Å²) in [4.78, 5) is 0. The summed E-state index contributed by atoms with van der Waals surface area (Å²) < 4.78 is 20.8. The van der Waals surface area contributed by atoms with Crippen LogP contribution in [-0.2, 0) is 18.7 Å². The molecule has 0 bridgehead atoms. The average molecular weight is 183 g/mol. The van der Waals surface area contributed by atoms with Crippen molar-refractivity contribution in [2.45, 2.75) is 0 Å². The monoisotopic (exact) mass is 183 g/mol. The number of nitrogens with one attached hydrogen (secondary N) is 1. The molecule has 0 fully saturated rings. The SMILES string of the molecule is N=C(F)[C](F)=[Pd]. The Morgan fingerprint density at radius 3 is 1.67 bits per heavy atom. The molecule has 0 atom stereocenters. The fraction of sp³-hybridized carbons (Fsp3) is 0. The third-order valence-corrected chi connectivity index (χ3v) is 0.494. The van der Waals surface area contributed by atoms with E-state index in [2.05, 4.69) is 0 Å². The van der Waals surface area contributed by atoms with Crippen molar-refractivity contribution in [1.29, 1.82) is 5.41 Å². The zero-order chi connectivity index (χ0) is 5.15. The van der Waals surface area contributed by atoms with Crippen LogP contribution in [0.5, 0.6) is 0 Å². The van der Waals surface area contributed by atoms with Crippen LogP contribution < -0.4 is 0 Å². The van der Waals surface area contributed by atoms with Crippen LogP contribution in [0.3, 0.4) is 0 Å². The van der Waals surface area contributed by atoms with E-state index >= 15 is 0 Å². The fourth-order valence-electron chi connectivity index (χ4n) is 0. The molecule has 0 unspecified atom stereocenters. The van der Waals surface area contributed by atoms with Crippen LogP contribution in [0.2, 0.25) is 0 Å². The van der Waals surface area contributed by atoms with Crippen molar-refractivity contribution in [2.75, 3.05) is 0 Å². The second-order valence-electron chi connectivity index (χ2n) is 0.547. The van der Waals surface area contributed by atoms with Gasteiger partial charge in [0, 0.05) is 0 Å². The summed E-state index contributed by atoms with van der Waals surface area (Å²) in [5.41, 5.74) is 0. The van der Waals surface area contributed by atoms with E-state index in [4.69, 9.17) is 5.41 Å². The molecule has 0 saturated carbocycles. The molecule has 1 nitrogen and oxygen atoms in total. The molecule has 38 valence electrons. The zero-order valence-corrected chi connectivity index (χ0v) is 4.13. The van der Waals surface area contributed by atoms with Gasteiger partial charge in [0.2, 0.25) is 0 Å². The van der Waals surface area contributed by atoms with Crippen molar-refractivity contribution >= 4 is 10.2 Å². The van der Waals surface area contributed by atoms with Gasteiger partial charge in [-0.15, -0.1) is 0 Å². The van der Waals surface area contributed by atoms with E-state index in [-0.39, 0.29) is 0 Å². The van der Waals surface area contributed by atoms with E-state index < -0.39 is 10.2 Å². The van der Waals surface area contributed by atoms with Gasteiger partial charge in [-0.3, -0.25) is 0 Å². The second kappa shape index (κ2) is 2.27. The molecule has 0 radical (unpaired) electrons. The predicted molar refractivity (Wildman–Crippen MR) is 14.9 cm³/mol. The summed E-state index contributed by atoms with van der Waals surface area (Å²) in [6, 6.07) is 0. The Morgan fingerprint density at radius 1 is 1.50 bits per heavy atom. The first-order chi connectivity index (χ1) is 2.64. The summed E-state index contributed by atoms with van der Waals surface area (Å²) in [5, 5.41) is 5.83. The zero-order valence-electron chi connectivity index (χ0n) is 2.57. The molecule has 0 aliphatic rings. The van der Waals surface area contributed by atoms with E-state index in [0.717, 1.165) is 0 Å². The van der Waals surface area contributed by atoms with Crippen LogP contribution in [0.25, 0.3) is 0 Å². The van der Waals surface area contributed by atoms with Crippen molar-refractivity contribution in [1.82, 2.24) is 0 Å². The summed E-state index contributed by atoms with van der Waals surface area (Å²) >= 11 is 1.85. The van der Waals surface area contributed by atoms with E-state index in [1.54, 1.807) is 0 Å². The molecular weight excluding hydrogens is 182 g/mol. The number of halogens is 2. The number of rotatable bonds is 1. The van der Waals surface area contributed by atoms with Gasteiger partial charge >= 0.3 is 43.1 Å². The molecule has 0 rings (SSSR count). The Bertz CT molecular complexity index is 77.5. The number of hydrogen-bond donors (Lipinski definition) is 1. The van der Waals surface area contributed by atoms with E-state index in [1.165, 1.54) is 0 Å². The first-order valence-corrected chi connectivity index (χ1v) is 1.81. The Kier molecular flexibility index (Phi) is 2.30. The van der Waals surface area contributed by atoms with Gasteiger partial charge in [0.1, 0.15) is 0 Å². The first-order valence-electron chi connectivity index (χ1n) is 1.04. The normalized spacial score (nSPS) is 8.00. The molecule has 0 heterocycles. The van der Waals surface area contributed by atoms with E-state index in [1.807, 2.05) is 18.7 Å². The van der Waals surface area contributed by atoms with Crippen molar-refractivity contribution in [3.05, 3.63) is 0 Å². The van der Waals surface area contributed by atoms with Gasteiger partial charge in [-0.1, -0.05) is 0 Å². The molecule has 0 amide bonds. The minimum atomic E-state index is -1.56. The quantitative estimate of drug-likeness (QED) is 0.454. The maximum absolute atomic E-state index is 11.1. The van der Waals surface area contributed by atoms with Crippen LogP contribution in [0, 0.1) is 5.41 Å². The minimum absolute atomic E-state index is 1.22. The molecule has 1 N–H and O–H groups in total. The summed E-state index contributed by atoms with van der Waals surface area (Å²) in [6.45, 7) is 0. The average Bonchev–Trinajstić information content (AvgIpc) is 1.36. The molecule has 0 spiro atoms. The van der Waals surface area contributed by atoms with Crippen molar-refractivity contribution in [3.8, 4) is 0 Å². The Balaban J connectivity index is 3.57. The van der Waals surface area contributed by atoms with Gasteiger partial charge in [0.25, 0.3) is 0 Å². The Hall–Kier alpha value is 0.0623. The predicted octanol–water partition coefficient (Wildman–Crippen LogP) is 0.579. The molecule has 0 aromatic rings. The molecule has 0 aliphatic heterocycles. The summed E-state index contributed by atoms with van der Waals surface area (Å²) in [5.74, 6) is -1.56. The molecule has 4 heteroatoms. The van der Waals surface area contributed by atoms with Gasteiger partial charge < -0.3 is 0 Å². The summed E-state index contributed by atoms with van der Waals surface area (Å²) in [7, 11) is 0. The topological polar surface area (TPSA) is 23.9 Å². The summed E-state index contributed by atoms with van der Waals surface area (Å²) in [6.07, 6.45) is 0. The molecule has 0 saturated heterocycles. The fourth-order valence-corrected chi connectivity index (χ4v) is 0. The Labute approximate surface area is 43.8 Å². The molecular formula is C2HF2NPd. The van der Waals surface area contributed by atoms with E-state index in [0.29, 0.717) is 0 Å². The van der Waals surface area contributed by atoms with Gasteiger partial charge in [-0.2, -0.15) is 0 Å². The van der Waals surface area contributed by atoms with E-state index in [9.17, 15) is 8.78 Å². The van der Waals surface area contributed by atoms with Gasteiger partial charge in [-0.05, 0) is 0 Å². The van der Waals surface area contributed by atoms with Gasteiger partial charge in [-0.25, -0.2) is 0 Å². The van der Waals surface area contributed by atoms with Crippen LogP contribution in [-0.4, -0.2) is 10.2 Å². The standard InChI is InChI=1S/C2HF2N.Pd/c3-1-2(4)5;/h5H;. The van der Waals surface area contributed by atoms with Gasteiger partial charge in [0.15, 0.2) is 0 Å². The van der Waals surface area contributed by atoms with Crippen molar-refractivity contribution < 1.29 is 27.5 Å². The maximum atomic E-state index is 11.1. The third kappa shape index (κ3) is 2.31. The van der Waals surface area contributed by atoms with Crippen LogP contribution in [0.4, 0.5) is 8.78 Å². The number of hydrogen-bond acceptors (Lipinski definition) is 1. The van der Waals surface area contributed by atoms with Crippen molar-refractivity contribution in [3.63, 3.8) is 0 Å². The van der Waals surface area contributed by atoms with Crippen LogP contribution in [0.15, 0.2) is 0 Å². The first kappa shape index (κ1) is 6.06. The molecule has 0 aliphatic carbocycles.